The maximum atomic E-state index is 13.6. The number of hydrogen-bond donors (Lipinski definition) is 1. The molecule has 1 N–H and O–H groups in total. The number of nitro benzene ring substituents is 1. The molecule has 6 heteroatoms. The van der Waals surface area contributed by atoms with Gasteiger partial charge >= 0.3 is 5.69 Å². The van der Waals surface area contributed by atoms with E-state index in [4.69, 9.17) is 0 Å². The maximum Gasteiger partial charge on any atom is 0.305 e. The molecule has 0 atom stereocenters. The van der Waals surface area contributed by atoms with Gasteiger partial charge in [-0.3, -0.25) is 10.1 Å². The largest absolute Gasteiger partial charge is 0.390 e. The molecule has 17 heavy (non-hydrogen) atoms. The molecule has 1 saturated carbocycles. The van der Waals surface area contributed by atoms with Gasteiger partial charge in [-0.15, -0.1) is 0 Å². The van der Waals surface area contributed by atoms with E-state index in [1.807, 2.05) is 0 Å². The van der Waals surface area contributed by atoms with Crippen LogP contribution >= 0.6 is 0 Å². The molecule has 1 aromatic carbocycles. The van der Waals surface area contributed by atoms with Crippen molar-refractivity contribution in [2.75, 3.05) is 0 Å². The smallest absolute Gasteiger partial charge is 0.305 e. The van der Waals surface area contributed by atoms with Gasteiger partial charge in [-0.1, -0.05) is 0 Å². The molecule has 0 bridgehead atoms. The standard InChI is InChI=1S/C11H11F2NO3/c12-8-1-2-9(14(16)17)10(13)7(8)3-4-11(15)5-6-11/h1-2,15H,3-6H2. The third kappa shape index (κ3) is 2.41. The summed E-state index contributed by atoms with van der Waals surface area (Å²) < 4.78 is 27.0. The van der Waals surface area contributed by atoms with Crippen LogP contribution in [0.4, 0.5) is 14.5 Å². The Morgan fingerprint density at radius 2 is 2.06 bits per heavy atom. The summed E-state index contributed by atoms with van der Waals surface area (Å²) in [6, 6.07) is 1.69. The number of nitrogens with zero attached hydrogens (tertiary/aromatic N) is 1. The second-order valence-corrected chi connectivity index (χ2v) is 4.34. The molecule has 1 aliphatic carbocycles. The van der Waals surface area contributed by atoms with Crippen LogP contribution in [0.1, 0.15) is 24.8 Å². The zero-order valence-corrected chi connectivity index (χ0v) is 8.95. The van der Waals surface area contributed by atoms with Gasteiger partial charge in [0.25, 0.3) is 0 Å². The lowest BCUT2D eigenvalue weighted by molar-refractivity contribution is -0.387. The van der Waals surface area contributed by atoms with Gasteiger partial charge in [0.05, 0.1) is 10.5 Å². The third-order valence-electron chi connectivity index (χ3n) is 3.03. The molecule has 0 amide bonds. The van der Waals surface area contributed by atoms with Crippen molar-refractivity contribution in [3.05, 3.63) is 39.4 Å². The van der Waals surface area contributed by atoms with E-state index in [1.165, 1.54) is 0 Å². The first-order valence-electron chi connectivity index (χ1n) is 5.27. The highest BCUT2D eigenvalue weighted by Crippen LogP contribution is 2.39. The summed E-state index contributed by atoms with van der Waals surface area (Å²) in [4.78, 5) is 9.61. The quantitative estimate of drug-likeness (QED) is 0.652. The Bertz CT molecular complexity index is 472. The van der Waals surface area contributed by atoms with Gasteiger partial charge in [-0.05, 0) is 31.7 Å². The lowest BCUT2D eigenvalue weighted by Crippen LogP contribution is -2.10. The van der Waals surface area contributed by atoms with Crippen molar-refractivity contribution >= 4 is 5.69 Å². The molecule has 1 fully saturated rings. The fourth-order valence-corrected chi connectivity index (χ4v) is 1.71. The van der Waals surface area contributed by atoms with Crippen LogP contribution in [0.25, 0.3) is 0 Å². The number of rotatable bonds is 4. The van der Waals surface area contributed by atoms with Gasteiger partial charge in [0, 0.05) is 11.6 Å². The highest BCUT2D eigenvalue weighted by Gasteiger charge is 2.40. The van der Waals surface area contributed by atoms with Crippen molar-refractivity contribution in [3.63, 3.8) is 0 Å². The Kier molecular flexibility index (Phi) is 2.82. The highest BCUT2D eigenvalue weighted by molar-refractivity contribution is 5.38. The maximum absolute atomic E-state index is 13.6. The van der Waals surface area contributed by atoms with E-state index in [0.29, 0.717) is 12.8 Å². The predicted molar refractivity (Wildman–Crippen MR) is 55.5 cm³/mol. The van der Waals surface area contributed by atoms with Crippen LogP contribution in [-0.2, 0) is 6.42 Å². The third-order valence-corrected chi connectivity index (χ3v) is 3.03. The normalized spacial score (nSPS) is 16.9. The Labute approximate surface area is 96.0 Å². The van der Waals surface area contributed by atoms with Gasteiger partial charge in [0.2, 0.25) is 5.82 Å². The number of benzene rings is 1. The average Bonchev–Trinajstić information content (AvgIpc) is 2.96. The van der Waals surface area contributed by atoms with Gasteiger partial charge in [0.1, 0.15) is 5.82 Å². The Morgan fingerprint density at radius 1 is 1.41 bits per heavy atom. The molecule has 1 aliphatic rings. The van der Waals surface area contributed by atoms with Gasteiger partial charge in [-0.25, -0.2) is 4.39 Å². The molecule has 0 spiro atoms. The summed E-state index contributed by atoms with van der Waals surface area (Å²) >= 11 is 0. The second kappa shape index (κ2) is 4.03. The van der Waals surface area contributed by atoms with Crippen LogP contribution < -0.4 is 0 Å². The van der Waals surface area contributed by atoms with E-state index in [2.05, 4.69) is 0 Å². The predicted octanol–water partition coefficient (Wildman–Crippen LogP) is 2.33. The van der Waals surface area contributed by atoms with Crippen LogP contribution in [0.2, 0.25) is 0 Å². The monoisotopic (exact) mass is 243 g/mol. The topological polar surface area (TPSA) is 63.4 Å². The summed E-state index contributed by atoms with van der Waals surface area (Å²) in [7, 11) is 0. The summed E-state index contributed by atoms with van der Waals surface area (Å²) in [6.45, 7) is 0. The van der Waals surface area contributed by atoms with Gasteiger partial charge < -0.3 is 5.11 Å². The van der Waals surface area contributed by atoms with E-state index in [1.54, 1.807) is 0 Å². The van der Waals surface area contributed by atoms with E-state index in [9.17, 15) is 24.0 Å². The molecule has 0 aromatic heterocycles. The minimum atomic E-state index is -1.14. The zero-order chi connectivity index (χ0) is 12.6. The molecule has 1 aromatic rings. The van der Waals surface area contributed by atoms with Crippen molar-refractivity contribution in [3.8, 4) is 0 Å². The van der Waals surface area contributed by atoms with E-state index < -0.39 is 27.8 Å². The fourth-order valence-electron chi connectivity index (χ4n) is 1.71. The van der Waals surface area contributed by atoms with Crippen LogP contribution in [-0.4, -0.2) is 15.6 Å². The Morgan fingerprint density at radius 3 is 2.59 bits per heavy atom. The highest BCUT2D eigenvalue weighted by atomic mass is 19.1. The van der Waals surface area contributed by atoms with Crippen LogP contribution in [0.5, 0.6) is 0 Å². The molecule has 0 radical (unpaired) electrons. The second-order valence-electron chi connectivity index (χ2n) is 4.34. The summed E-state index contributed by atoms with van der Waals surface area (Å²) in [6.07, 6.45) is 1.42. The molecular weight excluding hydrogens is 232 g/mol. The molecule has 92 valence electrons. The molecule has 0 heterocycles. The Balaban J connectivity index is 2.25. The minimum absolute atomic E-state index is 0.0319. The SMILES string of the molecule is O=[N+]([O-])c1ccc(F)c(CCC2(O)CC2)c1F. The average molecular weight is 243 g/mol. The first-order valence-corrected chi connectivity index (χ1v) is 5.27. The van der Waals surface area contributed by atoms with Crippen molar-refractivity contribution in [2.24, 2.45) is 0 Å². The van der Waals surface area contributed by atoms with Crippen molar-refractivity contribution < 1.29 is 18.8 Å². The molecule has 0 saturated heterocycles. The summed E-state index contributed by atoms with van der Waals surface area (Å²) in [5, 5.41) is 20.1. The van der Waals surface area contributed by atoms with Crippen LogP contribution in [0.15, 0.2) is 12.1 Å². The minimum Gasteiger partial charge on any atom is -0.390 e. The van der Waals surface area contributed by atoms with Crippen molar-refractivity contribution in [2.45, 2.75) is 31.3 Å². The lowest BCUT2D eigenvalue weighted by Gasteiger charge is -2.08. The van der Waals surface area contributed by atoms with Gasteiger partial charge in [-0.2, -0.15) is 4.39 Å². The number of hydrogen-bond acceptors (Lipinski definition) is 3. The molecule has 2 rings (SSSR count). The Hall–Kier alpha value is -1.56. The van der Waals surface area contributed by atoms with Crippen molar-refractivity contribution in [1.29, 1.82) is 0 Å². The van der Waals surface area contributed by atoms with E-state index in [-0.39, 0.29) is 18.4 Å². The van der Waals surface area contributed by atoms with Crippen LogP contribution in [0, 0.1) is 21.7 Å². The first-order chi connectivity index (χ1) is 7.93. The van der Waals surface area contributed by atoms with Crippen molar-refractivity contribution in [1.82, 2.24) is 0 Å². The first kappa shape index (κ1) is 11.9. The molecular formula is C11H11F2NO3. The number of halogens is 2. The van der Waals surface area contributed by atoms with E-state index in [0.717, 1.165) is 12.1 Å². The summed E-state index contributed by atoms with van der Waals surface area (Å²) in [5.41, 5.74) is -1.88. The zero-order valence-electron chi connectivity index (χ0n) is 8.95. The lowest BCUT2D eigenvalue weighted by atomic mass is 10.0. The van der Waals surface area contributed by atoms with E-state index >= 15 is 0 Å². The number of nitro groups is 1. The fraction of sp³-hybridized carbons (Fsp3) is 0.455. The molecule has 4 nitrogen and oxygen atoms in total. The number of aliphatic hydroxyl groups is 1. The van der Waals surface area contributed by atoms with Gasteiger partial charge in [0.15, 0.2) is 0 Å². The summed E-state index contributed by atoms with van der Waals surface area (Å²) in [5.74, 6) is -1.95. The van der Waals surface area contributed by atoms with Crippen LogP contribution in [0.3, 0.4) is 0 Å². The molecule has 0 aliphatic heterocycles. The molecule has 0 unspecified atom stereocenters.